The van der Waals surface area contributed by atoms with E-state index in [1.54, 1.807) is 0 Å². The summed E-state index contributed by atoms with van der Waals surface area (Å²) < 4.78 is 5.69. The van der Waals surface area contributed by atoms with Crippen LogP contribution in [0.5, 0.6) is 0 Å². The first-order valence-electron chi connectivity index (χ1n) is 5.02. The van der Waals surface area contributed by atoms with Crippen LogP contribution in [0, 0.1) is 5.92 Å². The minimum Gasteiger partial charge on any atom is -0.481 e. The molecule has 1 saturated carbocycles. The fraction of sp³-hybridized carbons (Fsp3) is 0.800. The lowest BCUT2D eigenvalue weighted by Gasteiger charge is -2.36. The second-order valence-corrected chi connectivity index (χ2v) is 4.72. The predicted octanol–water partition coefficient (Wildman–Crippen LogP) is 1.79. The Bertz CT molecular complexity index is 269. The summed E-state index contributed by atoms with van der Waals surface area (Å²) in [6.45, 7) is 0.777. The highest BCUT2D eigenvalue weighted by Crippen LogP contribution is 2.40. The van der Waals surface area contributed by atoms with E-state index in [4.69, 9.17) is 22.1 Å². The molecule has 78 valence electrons. The lowest BCUT2D eigenvalue weighted by molar-refractivity contribution is -0.142. The molecule has 0 aromatic carbocycles. The zero-order valence-corrected chi connectivity index (χ0v) is 8.81. The summed E-state index contributed by atoms with van der Waals surface area (Å²) in [5.41, 5.74) is -0.161. The molecule has 1 spiro atoms. The first-order chi connectivity index (χ1) is 6.63. The fourth-order valence-corrected chi connectivity index (χ4v) is 2.74. The number of rotatable bonds is 1. The molecule has 1 N–H and O–H groups in total. The van der Waals surface area contributed by atoms with Crippen LogP contribution in [-0.2, 0) is 9.53 Å². The third kappa shape index (κ3) is 1.68. The molecule has 0 amide bonds. The highest BCUT2D eigenvalue weighted by molar-refractivity contribution is 7.80. The summed E-state index contributed by atoms with van der Waals surface area (Å²) in [6.07, 6.45) is 4.28. The van der Waals surface area contributed by atoms with Crippen LogP contribution in [0.2, 0.25) is 0 Å². The Morgan fingerprint density at radius 2 is 2.36 bits per heavy atom. The highest BCUT2D eigenvalue weighted by Gasteiger charge is 2.44. The predicted molar refractivity (Wildman–Crippen MR) is 55.5 cm³/mol. The molecule has 0 bridgehead atoms. The van der Waals surface area contributed by atoms with Crippen molar-refractivity contribution in [1.29, 1.82) is 0 Å². The molecule has 2 fully saturated rings. The Kier molecular flexibility index (Phi) is 2.58. The molecule has 1 aliphatic carbocycles. The van der Waals surface area contributed by atoms with Gasteiger partial charge < -0.3 is 9.84 Å². The van der Waals surface area contributed by atoms with Crippen molar-refractivity contribution in [3.8, 4) is 0 Å². The average molecular weight is 214 g/mol. The molecule has 2 unspecified atom stereocenters. The van der Waals surface area contributed by atoms with Crippen LogP contribution in [0.4, 0.5) is 0 Å². The number of hydrogen-bond donors (Lipinski definition) is 1. The van der Waals surface area contributed by atoms with E-state index < -0.39 is 11.9 Å². The summed E-state index contributed by atoms with van der Waals surface area (Å²) >= 11 is 5.09. The zero-order chi connectivity index (χ0) is 10.2. The van der Waals surface area contributed by atoms with Gasteiger partial charge in [0.1, 0.15) is 0 Å². The van der Waals surface area contributed by atoms with Crippen molar-refractivity contribution < 1.29 is 14.6 Å². The first kappa shape index (κ1) is 10.1. The summed E-state index contributed by atoms with van der Waals surface area (Å²) in [5, 5.41) is 9.01. The number of carboxylic acid groups (broad SMARTS) is 1. The maximum atomic E-state index is 11.0. The van der Waals surface area contributed by atoms with Crippen LogP contribution < -0.4 is 0 Å². The van der Waals surface area contributed by atoms with Crippen LogP contribution in [-0.4, -0.2) is 28.1 Å². The van der Waals surface area contributed by atoms with Gasteiger partial charge in [-0.05, 0) is 32.1 Å². The number of ether oxygens (including phenoxy) is 1. The van der Waals surface area contributed by atoms with Gasteiger partial charge >= 0.3 is 5.97 Å². The topological polar surface area (TPSA) is 46.5 Å². The van der Waals surface area contributed by atoms with E-state index in [1.807, 2.05) is 0 Å². The van der Waals surface area contributed by atoms with Crippen LogP contribution in [0.15, 0.2) is 0 Å². The van der Waals surface area contributed by atoms with Gasteiger partial charge in [-0.3, -0.25) is 4.79 Å². The normalized spacial score (nSPS) is 37.7. The maximum absolute atomic E-state index is 11.0. The molecule has 0 radical (unpaired) electrons. The van der Waals surface area contributed by atoms with Crippen molar-refractivity contribution in [3.63, 3.8) is 0 Å². The third-order valence-electron chi connectivity index (χ3n) is 3.27. The van der Waals surface area contributed by atoms with Crippen molar-refractivity contribution >= 4 is 23.1 Å². The van der Waals surface area contributed by atoms with Crippen LogP contribution in [0.25, 0.3) is 0 Å². The lowest BCUT2D eigenvalue weighted by Crippen LogP contribution is -2.41. The minimum atomic E-state index is -0.787. The largest absolute Gasteiger partial charge is 0.481 e. The number of carboxylic acids is 1. The quantitative estimate of drug-likeness (QED) is 0.676. The van der Waals surface area contributed by atoms with Gasteiger partial charge in [0.05, 0.1) is 11.5 Å². The van der Waals surface area contributed by atoms with Gasteiger partial charge in [0.25, 0.3) is 0 Å². The van der Waals surface area contributed by atoms with Crippen LogP contribution in [0.1, 0.15) is 32.1 Å². The molecule has 4 heteroatoms. The summed E-state index contributed by atoms with van der Waals surface area (Å²) in [5.74, 6) is -1.25. The summed E-state index contributed by atoms with van der Waals surface area (Å²) in [4.78, 5) is 11.7. The number of aliphatic carboxylic acids is 1. The molecule has 2 atom stereocenters. The Balaban J connectivity index is 2.12. The number of hydrogen-bond acceptors (Lipinski definition) is 3. The van der Waals surface area contributed by atoms with Crippen molar-refractivity contribution in [2.45, 2.75) is 37.7 Å². The summed E-state index contributed by atoms with van der Waals surface area (Å²) in [7, 11) is 0. The summed E-state index contributed by atoms with van der Waals surface area (Å²) in [6, 6.07) is 0. The number of carbonyl (C=O) groups is 1. The maximum Gasteiger partial charge on any atom is 0.311 e. The van der Waals surface area contributed by atoms with E-state index >= 15 is 0 Å². The van der Waals surface area contributed by atoms with Crippen LogP contribution in [0.3, 0.4) is 0 Å². The monoisotopic (exact) mass is 214 g/mol. The molecule has 1 aliphatic heterocycles. The Labute approximate surface area is 88.4 Å². The Hall–Kier alpha value is -0.480. The van der Waals surface area contributed by atoms with Crippen molar-refractivity contribution in [3.05, 3.63) is 0 Å². The molecule has 0 aromatic heterocycles. The van der Waals surface area contributed by atoms with E-state index in [9.17, 15) is 4.79 Å². The van der Waals surface area contributed by atoms with Gasteiger partial charge in [0.2, 0.25) is 0 Å². The Morgan fingerprint density at radius 1 is 1.57 bits per heavy atom. The first-order valence-corrected chi connectivity index (χ1v) is 5.43. The molecular weight excluding hydrogens is 200 g/mol. The van der Waals surface area contributed by atoms with E-state index in [1.165, 1.54) is 0 Å². The van der Waals surface area contributed by atoms with Crippen molar-refractivity contribution in [2.24, 2.45) is 5.92 Å². The second-order valence-electron chi connectivity index (χ2n) is 4.20. The molecule has 0 aromatic rings. The van der Waals surface area contributed by atoms with E-state index in [0.29, 0.717) is 11.3 Å². The van der Waals surface area contributed by atoms with Gasteiger partial charge in [0, 0.05) is 11.5 Å². The molecular formula is C10H14O3S. The molecule has 3 nitrogen and oxygen atoms in total. The van der Waals surface area contributed by atoms with Gasteiger partial charge in [-0.1, -0.05) is 12.2 Å². The smallest absolute Gasteiger partial charge is 0.311 e. The van der Waals surface area contributed by atoms with Crippen LogP contribution >= 0.6 is 12.2 Å². The van der Waals surface area contributed by atoms with Gasteiger partial charge in [-0.25, -0.2) is 0 Å². The van der Waals surface area contributed by atoms with E-state index in [-0.39, 0.29) is 5.60 Å². The minimum absolute atomic E-state index is 0.161. The van der Waals surface area contributed by atoms with Crippen molar-refractivity contribution in [2.75, 3.05) is 6.61 Å². The fourth-order valence-electron chi connectivity index (χ4n) is 2.45. The van der Waals surface area contributed by atoms with E-state index in [0.717, 1.165) is 32.3 Å². The van der Waals surface area contributed by atoms with Gasteiger partial charge in [-0.15, -0.1) is 0 Å². The molecule has 2 rings (SSSR count). The van der Waals surface area contributed by atoms with Gasteiger partial charge in [-0.2, -0.15) is 0 Å². The highest BCUT2D eigenvalue weighted by atomic mass is 32.1. The van der Waals surface area contributed by atoms with Gasteiger partial charge in [0.15, 0.2) is 0 Å². The lowest BCUT2D eigenvalue weighted by atomic mass is 9.76. The number of thiocarbonyl (C=S) groups is 1. The van der Waals surface area contributed by atoms with E-state index in [2.05, 4.69) is 0 Å². The standard InChI is InChI=1S/C10H14O3S/c11-9(12)7-6-10(3-1-5-13-10)4-2-8(7)14/h7H,1-6H2,(H,11,12). The molecule has 1 saturated heterocycles. The Morgan fingerprint density at radius 3 is 2.93 bits per heavy atom. The molecule has 2 aliphatic rings. The molecule has 14 heavy (non-hydrogen) atoms. The third-order valence-corrected chi connectivity index (χ3v) is 3.76. The SMILES string of the molecule is O=C(O)C1CC2(CCCO2)CCC1=S. The van der Waals surface area contributed by atoms with Crippen molar-refractivity contribution in [1.82, 2.24) is 0 Å². The molecule has 1 heterocycles. The zero-order valence-electron chi connectivity index (χ0n) is 7.99. The average Bonchev–Trinajstić information content (AvgIpc) is 2.58. The second kappa shape index (κ2) is 3.59.